The molecule has 1 rings (SSSR count). The molecule has 0 spiro atoms. The minimum absolute atomic E-state index is 0.590. The second-order valence-electron chi connectivity index (χ2n) is 2.58. The molecule has 0 amide bonds. The van der Waals surface area contributed by atoms with E-state index in [9.17, 15) is 0 Å². The van der Waals surface area contributed by atoms with Crippen LogP contribution in [0.25, 0.3) is 0 Å². The Bertz CT molecular complexity index is 95.4. The Kier molecular flexibility index (Phi) is 3.30. The number of rotatable bonds is 3. The fraction of sp³-hybridized carbons (Fsp3) is 0.750. The highest BCUT2D eigenvalue weighted by molar-refractivity contribution is 4.63. The molecule has 1 atom stereocenters. The van der Waals surface area contributed by atoms with Crippen molar-refractivity contribution < 1.29 is 9.47 Å². The Balaban J connectivity index is 2.07. The smallest absolute Gasteiger partial charge is 0.0923 e. The van der Waals surface area contributed by atoms with Gasteiger partial charge in [0.15, 0.2) is 0 Å². The van der Waals surface area contributed by atoms with Crippen molar-refractivity contribution >= 4 is 0 Å². The highest BCUT2D eigenvalue weighted by Crippen LogP contribution is 2.13. The van der Waals surface area contributed by atoms with Crippen LogP contribution in [0.15, 0.2) is 12.8 Å². The van der Waals surface area contributed by atoms with Crippen molar-refractivity contribution in [2.24, 2.45) is 5.92 Å². The van der Waals surface area contributed by atoms with E-state index in [2.05, 4.69) is 6.58 Å². The summed E-state index contributed by atoms with van der Waals surface area (Å²) < 4.78 is 10.3. The Morgan fingerprint density at radius 1 is 1.70 bits per heavy atom. The predicted octanol–water partition coefficient (Wildman–Crippen LogP) is 1.57. The van der Waals surface area contributed by atoms with Crippen molar-refractivity contribution in [1.82, 2.24) is 0 Å². The molecule has 58 valence electrons. The summed E-state index contributed by atoms with van der Waals surface area (Å²) in [5.74, 6) is 0.590. The van der Waals surface area contributed by atoms with Gasteiger partial charge in [0, 0.05) is 12.5 Å². The maximum Gasteiger partial charge on any atom is 0.0923 e. The Labute approximate surface area is 61.8 Å². The molecular weight excluding hydrogens is 128 g/mol. The standard InChI is InChI=1S/C8H14O2/c1-2-9-6-8-4-3-5-10-7-8/h2,8H,1,3-7H2. The van der Waals surface area contributed by atoms with Crippen molar-refractivity contribution in [3.63, 3.8) is 0 Å². The molecule has 0 aromatic heterocycles. The van der Waals surface area contributed by atoms with Gasteiger partial charge in [-0.25, -0.2) is 0 Å². The van der Waals surface area contributed by atoms with E-state index in [1.165, 1.54) is 19.1 Å². The monoisotopic (exact) mass is 142 g/mol. The fourth-order valence-corrected chi connectivity index (χ4v) is 1.14. The van der Waals surface area contributed by atoms with Crippen LogP contribution in [0.2, 0.25) is 0 Å². The lowest BCUT2D eigenvalue weighted by Gasteiger charge is -2.20. The lowest BCUT2D eigenvalue weighted by atomic mass is 10.0. The first-order chi connectivity index (χ1) is 4.93. The Morgan fingerprint density at radius 3 is 3.20 bits per heavy atom. The van der Waals surface area contributed by atoms with Crippen LogP contribution in [0.3, 0.4) is 0 Å². The van der Waals surface area contributed by atoms with E-state index in [-0.39, 0.29) is 0 Å². The highest BCUT2D eigenvalue weighted by Gasteiger charge is 2.13. The molecular formula is C8H14O2. The molecule has 1 fully saturated rings. The molecule has 0 N–H and O–H groups in total. The zero-order valence-corrected chi connectivity index (χ0v) is 6.21. The van der Waals surface area contributed by atoms with Crippen LogP contribution in [0, 0.1) is 5.92 Å². The van der Waals surface area contributed by atoms with Gasteiger partial charge in [-0.2, -0.15) is 0 Å². The molecule has 1 saturated heterocycles. The van der Waals surface area contributed by atoms with Gasteiger partial charge in [0.1, 0.15) is 0 Å². The first-order valence-electron chi connectivity index (χ1n) is 3.73. The van der Waals surface area contributed by atoms with Gasteiger partial charge in [-0.1, -0.05) is 6.58 Å². The third kappa shape index (κ3) is 2.40. The van der Waals surface area contributed by atoms with Crippen LogP contribution < -0.4 is 0 Å². The van der Waals surface area contributed by atoms with Crippen LogP contribution in [0.1, 0.15) is 12.8 Å². The van der Waals surface area contributed by atoms with Crippen LogP contribution >= 0.6 is 0 Å². The average molecular weight is 142 g/mol. The van der Waals surface area contributed by atoms with Gasteiger partial charge in [0.05, 0.1) is 19.5 Å². The third-order valence-corrected chi connectivity index (χ3v) is 1.70. The minimum atomic E-state index is 0.590. The summed E-state index contributed by atoms with van der Waals surface area (Å²) >= 11 is 0. The van der Waals surface area contributed by atoms with Gasteiger partial charge >= 0.3 is 0 Å². The molecule has 0 radical (unpaired) electrons. The molecule has 2 heteroatoms. The van der Waals surface area contributed by atoms with Gasteiger partial charge < -0.3 is 9.47 Å². The summed E-state index contributed by atoms with van der Waals surface area (Å²) in [6.45, 7) is 6.03. The number of ether oxygens (including phenoxy) is 2. The van der Waals surface area contributed by atoms with Gasteiger partial charge in [-0.05, 0) is 12.8 Å². The van der Waals surface area contributed by atoms with E-state index in [0.29, 0.717) is 5.92 Å². The molecule has 1 aliphatic rings. The predicted molar refractivity (Wildman–Crippen MR) is 39.7 cm³/mol. The topological polar surface area (TPSA) is 18.5 Å². The molecule has 2 nitrogen and oxygen atoms in total. The highest BCUT2D eigenvalue weighted by atomic mass is 16.5. The maximum atomic E-state index is 5.26. The first-order valence-corrected chi connectivity index (χ1v) is 3.73. The van der Waals surface area contributed by atoms with Crippen LogP contribution in [-0.2, 0) is 9.47 Å². The van der Waals surface area contributed by atoms with Crippen LogP contribution in [0.4, 0.5) is 0 Å². The summed E-state index contributed by atoms with van der Waals surface area (Å²) in [6.07, 6.45) is 3.90. The molecule has 1 aliphatic heterocycles. The molecule has 0 bridgehead atoms. The molecule has 0 aromatic carbocycles. The van der Waals surface area contributed by atoms with Crippen molar-refractivity contribution in [3.8, 4) is 0 Å². The van der Waals surface area contributed by atoms with Crippen LogP contribution in [0.5, 0.6) is 0 Å². The van der Waals surface area contributed by atoms with E-state index < -0.39 is 0 Å². The van der Waals surface area contributed by atoms with E-state index in [4.69, 9.17) is 9.47 Å². The van der Waals surface area contributed by atoms with Gasteiger partial charge in [0.25, 0.3) is 0 Å². The summed E-state index contributed by atoms with van der Waals surface area (Å²) in [6, 6.07) is 0. The van der Waals surface area contributed by atoms with Crippen LogP contribution in [-0.4, -0.2) is 19.8 Å². The molecule has 1 unspecified atom stereocenters. The van der Waals surface area contributed by atoms with Crippen molar-refractivity contribution in [1.29, 1.82) is 0 Å². The van der Waals surface area contributed by atoms with Crippen molar-refractivity contribution in [2.75, 3.05) is 19.8 Å². The second-order valence-corrected chi connectivity index (χ2v) is 2.58. The summed E-state index contributed by atoms with van der Waals surface area (Å²) in [7, 11) is 0. The van der Waals surface area contributed by atoms with Crippen molar-refractivity contribution in [2.45, 2.75) is 12.8 Å². The normalized spacial score (nSPS) is 25.8. The number of hydrogen-bond acceptors (Lipinski definition) is 2. The maximum absolute atomic E-state index is 5.26. The quantitative estimate of drug-likeness (QED) is 0.557. The van der Waals surface area contributed by atoms with Gasteiger partial charge in [0.2, 0.25) is 0 Å². The first kappa shape index (κ1) is 7.61. The lowest BCUT2D eigenvalue weighted by molar-refractivity contribution is 0.0268. The van der Waals surface area contributed by atoms with Crippen molar-refractivity contribution in [3.05, 3.63) is 12.8 Å². The molecule has 0 aliphatic carbocycles. The summed E-state index contributed by atoms with van der Waals surface area (Å²) in [4.78, 5) is 0. The SMILES string of the molecule is C=COCC1CCCOC1. The van der Waals surface area contributed by atoms with E-state index in [1.54, 1.807) is 0 Å². The molecule has 0 saturated carbocycles. The zero-order chi connectivity index (χ0) is 7.23. The van der Waals surface area contributed by atoms with E-state index >= 15 is 0 Å². The zero-order valence-electron chi connectivity index (χ0n) is 6.21. The Morgan fingerprint density at radius 2 is 2.60 bits per heavy atom. The largest absolute Gasteiger partial charge is 0.501 e. The summed E-state index contributed by atoms with van der Waals surface area (Å²) in [5, 5.41) is 0. The van der Waals surface area contributed by atoms with Gasteiger partial charge in [-0.15, -0.1) is 0 Å². The molecule has 10 heavy (non-hydrogen) atoms. The van der Waals surface area contributed by atoms with Gasteiger partial charge in [-0.3, -0.25) is 0 Å². The van der Waals surface area contributed by atoms with E-state index in [0.717, 1.165) is 19.8 Å². The average Bonchev–Trinajstić information content (AvgIpc) is 2.03. The third-order valence-electron chi connectivity index (χ3n) is 1.70. The second kappa shape index (κ2) is 4.34. The molecule has 1 heterocycles. The summed E-state index contributed by atoms with van der Waals surface area (Å²) in [5.41, 5.74) is 0. The minimum Gasteiger partial charge on any atom is -0.501 e. The lowest BCUT2D eigenvalue weighted by Crippen LogP contribution is -2.20. The number of hydrogen-bond donors (Lipinski definition) is 0. The Hall–Kier alpha value is -0.500. The molecule has 0 aromatic rings. The fourth-order valence-electron chi connectivity index (χ4n) is 1.14. The van der Waals surface area contributed by atoms with E-state index in [1.807, 2.05) is 0 Å².